The highest BCUT2D eigenvalue weighted by atomic mass is 35.5. The second kappa shape index (κ2) is 5.42. The van der Waals surface area contributed by atoms with Gasteiger partial charge < -0.3 is 14.8 Å². The Hall–Kier alpha value is -1.85. The van der Waals surface area contributed by atoms with Gasteiger partial charge in [0.15, 0.2) is 0 Å². The summed E-state index contributed by atoms with van der Waals surface area (Å²) in [4.78, 5) is 26.3. The Balaban J connectivity index is 2.84. The largest absolute Gasteiger partial charge is 0.462 e. The van der Waals surface area contributed by atoms with E-state index in [1.54, 1.807) is 25.1 Å². The summed E-state index contributed by atoms with van der Waals surface area (Å²) in [6.45, 7) is 1.31. The van der Waals surface area contributed by atoms with Crippen LogP contribution in [0.3, 0.4) is 0 Å². The fraction of sp³-hybridized carbons (Fsp3) is 0.231. The zero-order chi connectivity index (χ0) is 14.0. The summed E-state index contributed by atoms with van der Waals surface area (Å²) < 4.78 is 4.83. The van der Waals surface area contributed by atoms with E-state index in [0.717, 1.165) is 0 Å². The number of H-pyrrole nitrogens is 1. The molecule has 0 radical (unpaired) electrons. The first-order chi connectivity index (χ1) is 9.10. The number of benzene rings is 1. The van der Waals surface area contributed by atoms with Crippen LogP contribution in [0.2, 0.25) is 5.02 Å². The molecule has 1 aromatic heterocycles. The molecule has 0 aliphatic heterocycles. The molecule has 0 unspecified atom stereocenters. The van der Waals surface area contributed by atoms with Crippen LogP contribution < -0.4 is 5.56 Å². The molecule has 5 nitrogen and oxygen atoms in total. The Morgan fingerprint density at radius 3 is 2.84 bits per heavy atom. The minimum atomic E-state index is -0.769. The number of halogens is 1. The van der Waals surface area contributed by atoms with Crippen molar-refractivity contribution in [3.8, 4) is 0 Å². The van der Waals surface area contributed by atoms with Crippen molar-refractivity contribution in [2.45, 2.75) is 13.5 Å². The van der Waals surface area contributed by atoms with E-state index in [4.69, 9.17) is 16.3 Å². The van der Waals surface area contributed by atoms with Gasteiger partial charge in [-0.1, -0.05) is 17.7 Å². The van der Waals surface area contributed by atoms with Crippen LogP contribution in [-0.4, -0.2) is 22.7 Å². The second-order valence-corrected chi connectivity index (χ2v) is 4.26. The number of carbonyl (C=O) groups excluding carboxylic acids is 1. The first-order valence-corrected chi connectivity index (χ1v) is 6.09. The van der Waals surface area contributed by atoms with Crippen LogP contribution in [0.25, 0.3) is 10.9 Å². The van der Waals surface area contributed by atoms with Crippen LogP contribution in [0.5, 0.6) is 0 Å². The number of hydrogen-bond acceptors (Lipinski definition) is 4. The number of esters is 1. The number of ether oxygens (including phenoxy) is 1. The van der Waals surface area contributed by atoms with Crippen molar-refractivity contribution in [2.75, 3.05) is 6.61 Å². The SMILES string of the molecule is CCOC(=O)c1c(CO)c2c(Cl)cccc2[nH]c1=O. The number of nitrogens with one attached hydrogen (secondary N) is 1. The van der Waals surface area contributed by atoms with Crippen LogP contribution in [0.1, 0.15) is 22.8 Å². The highest BCUT2D eigenvalue weighted by molar-refractivity contribution is 6.35. The molecule has 1 aromatic carbocycles. The van der Waals surface area contributed by atoms with Gasteiger partial charge >= 0.3 is 5.97 Å². The van der Waals surface area contributed by atoms with Gasteiger partial charge in [-0.3, -0.25) is 4.79 Å². The van der Waals surface area contributed by atoms with Gasteiger partial charge in [0.05, 0.1) is 23.8 Å². The van der Waals surface area contributed by atoms with Crippen molar-refractivity contribution in [1.29, 1.82) is 0 Å². The standard InChI is InChI=1S/C13H12ClNO4/c1-2-19-13(18)11-7(6-16)10-8(14)4-3-5-9(10)15-12(11)17/h3-5,16H,2,6H2,1H3,(H,15,17). The van der Waals surface area contributed by atoms with Crippen LogP contribution in [-0.2, 0) is 11.3 Å². The zero-order valence-electron chi connectivity index (χ0n) is 10.2. The molecule has 1 heterocycles. The number of carbonyl (C=O) groups is 1. The molecule has 0 amide bonds. The molecule has 0 fully saturated rings. The second-order valence-electron chi connectivity index (χ2n) is 3.85. The highest BCUT2D eigenvalue weighted by Gasteiger charge is 2.21. The van der Waals surface area contributed by atoms with Crippen molar-refractivity contribution in [3.63, 3.8) is 0 Å². The van der Waals surface area contributed by atoms with Crippen molar-refractivity contribution in [2.24, 2.45) is 0 Å². The van der Waals surface area contributed by atoms with Gasteiger partial charge in [-0.05, 0) is 19.1 Å². The molecule has 2 N–H and O–H groups in total. The summed E-state index contributed by atoms with van der Waals surface area (Å²) in [6, 6.07) is 4.94. The van der Waals surface area contributed by atoms with Crippen LogP contribution in [0, 0.1) is 0 Å². The fourth-order valence-corrected chi connectivity index (χ4v) is 2.25. The summed E-state index contributed by atoms with van der Waals surface area (Å²) >= 11 is 6.06. The van der Waals surface area contributed by atoms with E-state index in [9.17, 15) is 14.7 Å². The Morgan fingerprint density at radius 2 is 2.21 bits per heavy atom. The average Bonchev–Trinajstić information content (AvgIpc) is 2.37. The molecule has 0 aliphatic rings. The average molecular weight is 282 g/mol. The van der Waals surface area contributed by atoms with E-state index >= 15 is 0 Å². The first-order valence-electron chi connectivity index (χ1n) is 5.71. The molecule has 0 spiro atoms. The summed E-state index contributed by atoms with van der Waals surface area (Å²) in [5.74, 6) is -0.769. The molecule has 0 atom stereocenters. The van der Waals surface area contributed by atoms with Crippen molar-refractivity contribution in [3.05, 3.63) is 44.7 Å². The minimum absolute atomic E-state index is 0.143. The van der Waals surface area contributed by atoms with Gasteiger partial charge in [0, 0.05) is 10.9 Å². The Labute approximate surface area is 113 Å². The van der Waals surface area contributed by atoms with E-state index in [1.807, 2.05) is 0 Å². The maximum Gasteiger partial charge on any atom is 0.344 e. The highest BCUT2D eigenvalue weighted by Crippen LogP contribution is 2.26. The maximum absolute atomic E-state index is 11.9. The topological polar surface area (TPSA) is 79.4 Å². The molecule has 2 aromatic rings. The molecule has 0 saturated carbocycles. The molecule has 6 heteroatoms. The lowest BCUT2D eigenvalue weighted by Gasteiger charge is -2.10. The molecule has 100 valence electrons. The maximum atomic E-state index is 11.9. The number of pyridine rings is 1. The number of aromatic nitrogens is 1. The smallest absolute Gasteiger partial charge is 0.344 e. The Bertz CT molecular complexity index is 693. The zero-order valence-corrected chi connectivity index (χ0v) is 11.0. The van der Waals surface area contributed by atoms with E-state index < -0.39 is 18.1 Å². The number of fused-ring (bicyclic) bond motifs is 1. The minimum Gasteiger partial charge on any atom is -0.462 e. The van der Waals surface area contributed by atoms with E-state index in [-0.39, 0.29) is 17.7 Å². The predicted molar refractivity (Wildman–Crippen MR) is 71.5 cm³/mol. The summed E-state index contributed by atoms with van der Waals surface area (Å²) in [5.41, 5.74) is -0.153. The lowest BCUT2D eigenvalue weighted by Crippen LogP contribution is -2.23. The van der Waals surface area contributed by atoms with Crippen LogP contribution >= 0.6 is 11.6 Å². The number of aliphatic hydroxyl groups is 1. The quantitative estimate of drug-likeness (QED) is 0.842. The third-order valence-electron chi connectivity index (χ3n) is 2.73. The molecular formula is C13H12ClNO4. The number of hydrogen-bond donors (Lipinski definition) is 2. The molecule has 2 rings (SSSR count). The van der Waals surface area contributed by atoms with Gasteiger partial charge in [-0.15, -0.1) is 0 Å². The molecular weight excluding hydrogens is 270 g/mol. The molecule has 0 saturated heterocycles. The van der Waals surface area contributed by atoms with Gasteiger partial charge in [-0.2, -0.15) is 0 Å². The van der Waals surface area contributed by atoms with E-state index in [1.165, 1.54) is 0 Å². The lowest BCUT2D eigenvalue weighted by molar-refractivity contribution is 0.0521. The third-order valence-corrected chi connectivity index (χ3v) is 3.05. The Morgan fingerprint density at radius 1 is 1.47 bits per heavy atom. The van der Waals surface area contributed by atoms with Crippen LogP contribution in [0.4, 0.5) is 0 Å². The van der Waals surface area contributed by atoms with Gasteiger partial charge in [0.1, 0.15) is 5.56 Å². The number of aliphatic hydroxyl groups excluding tert-OH is 1. The first kappa shape index (κ1) is 13.6. The summed E-state index contributed by atoms with van der Waals surface area (Å²) in [7, 11) is 0. The van der Waals surface area contributed by atoms with Crippen LogP contribution in [0.15, 0.2) is 23.0 Å². The normalized spacial score (nSPS) is 10.7. The lowest BCUT2D eigenvalue weighted by atomic mass is 10.0. The predicted octanol–water partition coefficient (Wildman–Crippen LogP) is 1.85. The monoisotopic (exact) mass is 281 g/mol. The summed E-state index contributed by atoms with van der Waals surface area (Å²) in [6.07, 6.45) is 0. The van der Waals surface area contributed by atoms with Crippen molar-refractivity contribution < 1.29 is 14.6 Å². The van der Waals surface area contributed by atoms with Crippen molar-refractivity contribution >= 4 is 28.5 Å². The van der Waals surface area contributed by atoms with Gasteiger partial charge in [0.25, 0.3) is 5.56 Å². The Kier molecular flexibility index (Phi) is 3.87. The molecule has 0 aliphatic carbocycles. The molecule has 0 bridgehead atoms. The number of rotatable bonds is 3. The number of aromatic amines is 1. The van der Waals surface area contributed by atoms with E-state index in [2.05, 4.69) is 4.98 Å². The molecule has 19 heavy (non-hydrogen) atoms. The fourth-order valence-electron chi connectivity index (χ4n) is 1.96. The van der Waals surface area contributed by atoms with Gasteiger partial charge in [0.2, 0.25) is 0 Å². The van der Waals surface area contributed by atoms with Gasteiger partial charge in [-0.25, -0.2) is 4.79 Å². The third kappa shape index (κ3) is 2.34. The summed E-state index contributed by atoms with van der Waals surface area (Å²) in [5, 5.41) is 10.3. The van der Waals surface area contributed by atoms with Crippen molar-refractivity contribution in [1.82, 2.24) is 4.98 Å². The van der Waals surface area contributed by atoms with E-state index in [0.29, 0.717) is 15.9 Å².